The van der Waals surface area contributed by atoms with Crippen molar-refractivity contribution in [2.45, 2.75) is 62.4 Å². The number of rotatable bonds is 7. The van der Waals surface area contributed by atoms with Crippen LogP contribution < -0.4 is 5.32 Å². The third-order valence-electron chi connectivity index (χ3n) is 5.65. The largest absolute Gasteiger partial charge is 0.384 e. The van der Waals surface area contributed by atoms with Gasteiger partial charge < -0.3 is 10.4 Å². The molecule has 2 aromatic rings. The fraction of sp³-hybridized carbons (Fsp3) is 0.500. The van der Waals surface area contributed by atoms with Crippen LogP contribution in [0.2, 0.25) is 5.02 Å². The Hall–Kier alpha value is -2.03. The molecular formula is C22H28ClN3O4S. The van der Waals surface area contributed by atoms with E-state index in [4.69, 9.17) is 11.6 Å². The quantitative estimate of drug-likeness (QED) is 0.638. The van der Waals surface area contributed by atoms with Crippen molar-refractivity contribution in [3.63, 3.8) is 0 Å². The molecule has 0 unspecified atom stereocenters. The Morgan fingerprint density at radius 2 is 1.94 bits per heavy atom. The molecule has 1 heterocycles. The van der Waals surface area contributed by atoms with E-state index in [2.05, 4.69) is 15.3 Å². The van der Waals surface area contributed by atoms with E-state index in [1.807, 2.05) is 0 Å². The molecule has 1 aliphatic rings. The highest BCUT2D eigenvalue weighted by Gasteiger charge is 2.28. The molecule has 0 radical (unpaired) electrons. The molecule has 1 amide bonds. The Kier molecular flexibility index (Phi) is 7.03. The van der Waals surface area contributed by atoms with Crippen molar-refractivity contribution in [3.05, 3.63) is 46.9 Å². The Labute approximate surface area is 188 Å². The minimum atomic E-state index is -3.45. The van der Waals surface area contributed by atoms with Crippen LogP contribution in [0.25, 0.3) is 0 Å². The summed E-state index contributed by atoms with van der Waals surface area (Å²) < 4.78 is 23.8. The maximum Gasteiger partial charge on any atom is 0.233 e. The number of amides is 1. The first-order chi connectivity index (χ1) is 14.4. The molecule has 2 N–H and O–H groups in total. The van der Waals surface area contributed by atoms with E-state index in [0.29, 0.717) is 23.6 Å². The average Bonchev–Trinajstić information content (AvgIpc) is 3.18. The zero-order valence-corrected chi connectivity index (χ0v) is 19.5. The molecule has 9 heteroatoms. The number of nitrogens with zero attached hydrogens (tertiary/aromatic N) is 2. The summed E-state index contributed by atoms with van der Waals surface area (Å²) in [6.45, 7) is 3.22. The third kappa shape index (κ3) is 6.02. The predicted octanol–water partition coefficient (Wildman–Crippen LogP) is 4.06. The number of benzene rings is 1. The Balaban J connectivity index is 1.86. The molecule has 1 aromatic heterocycles. The van der Waals surface area contributed by atoms with Gasteiger partial charge in [0.1, 0.15) is 5.60 Å². The van der Waals surface area contributed by atoms with Crippen LogP contribution >= 0.6 is 11.6 Å². The second kappa shape index (κ2) is 9.22. The highest BCUT2D eigenvalue weighted by atomic mass is 35.5. The van der Waals surface area contributed by atoms with Gasteiger partial charge >= 0.3 is 0 Å². The van der Waals surface area contributed by atoms with Crippen molar-refractivity contribution in [2.24, 2.45) is 5.92 Å². The summed E-state index contributed by atoms with van der Waals surface area (Å²) in [5, 5.41) is 12.9. The van der Waals surface area contributed by atoms with Gasteiger partial charge in [0.2, 0.25) is 5.91 Å². The number of carbonyl (C=O) groups is 1. The van der Waals surface area contributed by atoms with Crippen LogP contribution in [0, 0.1) is 5.92 Å². The number of nitrogens with one attached hydrogen (secondary N) is 1. The lowest BCUT2D eigenvalue weighted by Gasteiger charge is -2.21. The molecule has 168 valence electrons. The lowest BCUT2D eigenvalue weighted by atomic mass is 9.87. The van der Waals surface area contributed by atoms with Gasteiger partial charge in [-0.3, -0.25) is 9.78 Å². The standard InChI is InChI=1S/C22H28ClN3O4S/c1-22(2,28)19-12-25-20(13-24-19)26-21(27)16(10-14-6-4-5-7-14)15-8-9-18(17(23)11-15)31(3,29)30/h8-9,11-14,16,28H,4-7,10H2,1-3H3,(H,25,26,27)/t16-/m1/s1. The van der Waals surface area contributed by atoms with Gasteiger partial charge in [0.15, 0.2) is 15.7 Å². The van der Waals surface area contributed by atoms with Crippen molar-refractivity contribution < 1.29 is 18.3 Å². The molecule has 1 aromatic carbocycles. The number of hydrogen-bond acceptors (Lipinski definition) is 6. The maximum absolute atomic E-state index is 13.2. The van der Waals surface area contributed by atoms with E-state index in [0.717, 1.165) is 31.9 Å². The van der Waals surface area contributed by atoms with Gasteiger partial charge in [-0.05, 0) is 43.9 Å². The Bertz CT molecular complexity index is 1040. The lowest BCUT2D eigenvalue weighted by Crippen LogP contribution is -2.24. The molecule has 7 nitrogen and oxygen atoms in total. The summed E-state index contributed by atoms with van der Waals surface area (Å²) in [6, 6.07) is 4.69. The van der Waals surface area contributed by atoms with E-state index < -0.39 is 21.4 Å². The summed E-state index contributed by atoms with van der Waals surface area (Å²) in [6.07, 6.45) is 9.03. The monoisotopic (exact) mass is 465 g/mol. The molecule has 0 saturated heterocycles. The first-order valence-corrected chi connectivity index (χ1v) is 12.6. The molecule has 0 spiro atoms. The number of aliphatic hydroxyl groups is 1. The third-order valence-corrected chi connectivity index (χ3v) is 7.23. The molecule has 1 saturated carbocycles. The van der Waals surface area contributed by atoms with Gasteiger partial charge in [0.05, 0.1) is 33.9 Å². The fourth-order valence-corrected chi connectivity index (χ4v) is 5.27. The van der Waals surface area contributed by atoms with E-state index in [1.165, 1.54) is 18.5 Å². The first-order valence-electron chi connectivity index (χ1n) is 10.3. The van der Waals surface area contributed by atoms with Gasteiger partial charge in [-0.1, -0.05) is 43.4 Å². The highest BCUT2D eigenvalue weighted by Crippen LogP contribution is 2.36. The molecule has 31 heavy (non-hydrogen) atoms. The number of carbonyl (C=O) groups excluding carboxylic acids is 1. The SMILES string of the molecule is CC(C)(O)c1cnc(NC(=O)[C@H](CC2CCCC2)c2ccc(S(C)(=O)=O)c(Cl)c2)cn1. The molecule has 1 atom stereocenters. The van der Waals surface area contributed by atoms with Gasteiger partial charge in [-0.15, -0.1) is 0 Å². The van der Waals surface area contributed by atoms with Crippen molar-refractivity contribution in [2.75, 3.05) is 11.6 Å². The minimum absolute atomic E-state index is 0.0472. The van der Waals surface area contributed by atoms with Crippen LogP contribution in [0.3, 0.4) is 0 Å². The van der Waals surface area contributed by atoms with Crippen LogP contribution in [0.4, 0.5) is 5.82 Å². The van der Waals surface area contributed by atoms with Crippen LogP contribution in [0.1, 0.15) is 63.1 Å². The smallest absolute Gasteiger partial charge is 0.233 e. The topological polar surface area (TPSA) is 109 Å². The van der Waals surface area contributed by atoms with Crippen molar-refractivity contribution >= 4 is 33.2 Å². The fourth-order valence-electron chi connectivity index (χ4n) is 3.93. The molecule has 0 bridgehead atoms. The van der Waals surface area contributed by atoms with Gasteiger partial charge in [-0.2, -0.15) is 0 Å². The van der Waals surface area contributed by atoms with E-state index in [9.17, 15) is 18.3 Å². The van der Waals surface area contributed by atoms with Gasteiger partial charge in [0, 0.05) is 6.26 Å². The first kappa shape index (κ1) is 23.6. The summed E-state index contributed by atoms with van der Waals surface area (Å²) in [5.74, 6) is -0.0358. The second-order valence-electron chi connectivity index (χ2n) is 8.74. The van der Waals surface area contributed by atoms with E-state index >= 15 is 0 Å². The zero-order valence-electron chi connectivity index (χ0n) is 17.9. The van der Waals surface area contributed by atoms with Gasteiger partial charge in [0.25, 0.3) is 0 Å². The molecule has 1 aliphatic carbocycles. The molecule has 1 fully saturated rings. The van der Waals surface area contributed by atoms with Crippen molar-refractivity contribution in [1.82, 2.24) is 9.97 Å². The number of anilines is 1. The van der Waals surface area contributed by atoms with Crippen molar-refractivity contribution in [1.29, 1.82) is 0 Å². The van der Waals surface area contributed by atoms with Crippen molar-refractivity contribution in [3.8, 4) is 0 Å². The van der Waals surface area contributed by atoms with E-state index in [-0.39, 0.29) is 21.6 Å². The molecular weight excluding hydrogens is 438 g/mol. The molecule has 3 rings (SSSR count). The Morgan fingerprint density at radius 3 is 2.45 bits per heavy atom. The number of aromatic nitrogens is 2. The van der Waals surface area contributed by atoms with Crippen LogP contribution in [0.15, 0.2) is 35.5 Å². The highest BCUT2D eigenvalue weighted by molar-refractivity contribution is 7.90. The number of sulfone groups is 1. The maximum atomic E-state index is 13.2. The average molecular weight is 466 g/mol. The molecule has 0 aliphatic heterocycles. The Morgan fingerprint density at radius 1 is 1.26 bits per heavy atom. The summed E-state index contributed by atoms with van der Waals surface area (Å²) in [7, 11) is -3.45. The summed E-state index contributed by atoms with van der Waals surface area (Å²) in [4.78, 5) is 21.6. The van der Waals surface area contributed by atoms with Crippen LogP contribution in [-0.4, -0.2) is 35.7 Å². The number of halogens is 1. The lowest BCUT2D eigenvalue weighted by molar-refractivity contribution is -0.118. The number of hydrogen-bond donors (Lipinski definition) is 2. The van der Waals surface area contributed by atoms with Crippen LogP contribution in [-0.2, 0) is 20.2 Å². The second-order valence-corrected chi connectivity index (χ2v) is 11.1. The van der Waals surface area contributed by atoms with Gasteiger partial charge in [-0.25, -0.2) is 13.4 Å². The predicted molar refractivity (Wildman–Crippen MR) is 120 cm³/mol. The summed E-state index contributed by atoms with van der Waals surface area (Å²) in [5.41, 5.74) is -0.0578. The van der Waals surface area contributed by atoms with E-state index in [1.54, 1.807) is 26.0 Å². The minimum Gasteiger partial charge on any atom is -0.384 e. The van der Waals surface area contributed by atoms with Crippen LogP contribution in [0.5, 0.6) is 0 Å². The zero-order chi connectivity index (χ0) is 22.8. The summed E-state index contributed by atoms with van der Waals surface area (Å²) >= 11 is 6.24. The normalized spacial score (nSPS) is 16.3.